The van der Waals surface area contributed by atoms with E-state index < -0.39 is 34.7 Å². The van der Waals surface area contributed by atoms with Crippen LogP contribution in [0.2, 0.25) is 4.34 Å². The van der Waals surface area contributed by atoms with Crippen molar-refractivity contribution in [1.82, 2.24) is 19.7 Å². The van der Waals surface area contributed by atoms with Gasteiger partial charge in [0.25, 0.3) is 0 Å². The van der Waals surface area contributed by atoms with E-state index in [4.69, 9.17) is 16.1 Å². The van der Waals surface area contributed by atoms with E-state index in [1.165, 1.54) is 33.3 Å². The molecule has 0 radical (unpaired) electrons. The van der Waals surface area contributed by atoms with Gasteiger partial charge in [-0.25, -0.2) is 8.42 Å². The van der Waals surface area contributed by atoms with Gasteiger partial charge in [-0.2, -0.15) is 17.9 Å². The molecule has 2 fully saturated rings. The average Bonchev–Trinajstić information content (AvgIpc) is 3.69. The van der Waals surface area contributed by atoms with Gasteiger partial charge in [0, 0.05) is 57.3 Å². The third-order valence-corrected chi connectivity index (χ3v) is 10.2. The molecule has 1 aromatic carbocycles. The highest BCUT2D eigenvalue weighted by atomic mass is 35.5. The maximum atomic E-state index is 13.8. The van der Waals surface area contributed by atoms with Gasteiger partial charge in [0.1, 0.15) is 6.04 Å². The lowest BCUT2D eigenvalue weighted by Gasteiger charge is -2.36. The molecule has 2 aliphatic heterocycles. The molecule has 0 saturated carbocycles. The molecule has 3 aromatic rings. The summed E-state index contributed by atoms with van der Waals surface area (Å²) in [6.07, 6.45) is -3.50. The van der Waals surface area contributed by atoms with Gasteiger partial charge < -0.3 is 14.3 Å². The Kier molecular flexibility index (Phi) is 9.18. The molecule has 1 N–H and O–H groups in total. The Morgan fingerprint density at radius 2 is 1.91 bits per heavy atom. The first-order chi connectivity index (χ1) is 20.3. The number of piperazine rings is 1. The van der Waals surface area contributed by atoms with Crippen LogP contribution in [0.15, 0.2) is 45.8 Å². The summed E-state index contributed by atoms with van der Waals surface area (Å²) in [6, 6.07) is 8.29. The van der Waals surface area contributed by atoms with Crippen LogP contribution in [0.4, 0.5) is 18.9 Å². The normalized spacial score (nSPS) is 17.6. The minimum atomic E-state index is -4.37. The van der Waals surface area contributed by atoms with Gasteiger partial charge in [-0.3, -0.25) is 14.5 Å². The second-order valence-corrected chi connectivity index (χ2v) is 13.8. The van der Waals surface area contributed by atoms with Crippen LogP contribution in [0.3, 0.4) is 0 Å². The van der Waals surface area contributed by atoms with Crippen molar-refractivity contribution >= 4 is 50.5 Å². The topological polar surface area (TPSA) is 116 Å². The molecule has 2 saturated heterocycles. The Morgan fingerprint density at radius 3 is 2.53 bits per heavy atom. The molecule has 2 aliphatic rings. The van der Waals surface area contributed by atoms with Crippen LogP contribution in [0.25, 0.3) is 10.6 Å². The predicted molar refractivity (Wildman–Crippen MR) is 154 cm³/mol. The number of hydrogen-bond acceptors (Lipinski definition) is 8. The van der Waals surface area contributed by atoms with Crippen molar-refractivity contribution in [2.75, 3.05) is 44.2 Å². The SMILES string of the molecule is Cc1c(N2CCCC2=O)cccc1S(=O)(=O)NC(Cc1cc(-c2ccc(Cl)s2)on1)C(=O)N1CCN(CC(F)(F)F)CC1. The molecule has 4 heterocycles. The monoisotopic (exact) mass is 659 g/mol. The Labute approximate surface area is 255 Å². The first-order valence-electron chi connectivity index (χ1n) is 13.5. The van der Waals surface area contributed by atoms with Gasteiger partial charge in [-0.15, -0.1) is 11.3 Å². The van der Waals surface area contributed by atoms with Crippen LogP contribution >= 0.6 is 22.9 Å². The second kappa shape index (κ2) is 12.6. The molecule has 0 aliphatic carbocycles. The van der Waals surface area contributed by atoms with E-state index in [0.717, 1.165) is 0 Å². The average molecular weight is 660 g/mol. The predicted octanol–water partition coefficient (Wildman–Crippen LogP) is 4.09. The first kappa shape index (κ1) is 31.4. The van der Waals surface area contributed by atoms with Crippen LogP contribution in [-0.4, -0.2) is 86.7 Å². The van der Waals surface area contributed by atoms with Crippen LogP contribution in [-0.2, 0) is 26.0 Å². The zero-order valence-electron chi connectivity index (χ0n) is 23.1. The van der Waals surface area contributed by atoms with Gasteiger partial charge in [0.05, 0.1) is 26.3 Å². The van der Waals surface area contributed by atoms with E-state index >= 15 is 0 Å². The molecular weight excluding hydrogens is 631 g/mol. The van der Waals surface area contributed by atoms with E-state index in [-0.39, 0.29) is 43.4 Å². The largest absolute Gasteiger partial charge is 0.401 e. The van der Waals surface area contributed by atoms with Gasteiger partial charge in [-0.1, -0.05) is 22.8 Å². The summed E-state index contributed by atoms with van der Waals surface area (Å²) in [7, 11) is -4.31. The fourth-order valence-electron chi connectivity index (χ4n) is 5.30. The molecule has 5 rings (SSSR count). The smallest absolute Gasteiger partial charge is 0.355 e. The number of nitrogens with zero attached hydrogens (tertiary/aromatic N) is 4. The molecule has 1 unspecified atom stereocenters. The van der Waals surface area contributed by atoms with Crippen molar-refractivity contribution < 1.29 is 35.7 Å². The number of halogens is 4. The molecule has 232 valence electrons. The minimum absolute atomic E-state index is 0.00349. The summed E-state index contributed by atoms with van der Waals surface area (Å²) >= 11 is 7.28. The lowest BCUT2D eigenvalue weighted by Crippen LogP contribution is -2.56. The quantitative estimate of drug-likeness (QED) is 0.368. The minimum Gasteiger partial charge on any atom is -0.355 e. The summed E-state index contributed by atoms with van der Waals surface area (Å²) in [5, 5.41) is 4.02. The molecular formula is C27H29ClF3N5O5S2. The molecule has 10 nitrogen and oxygen atoms in total. The van der Waals surface area contributed by atoms with Crippen molar-refractivity contribution in [2.24, 2.45) is 0 Å². The van der Waals surface area contributed by atoms with Crippen molar-refractivity contribution in [2.45, 2.75) is 43.3 Å². The summed E-state index contributed by atoms with van der Waals surface area (Å²) in [6.45, 7) is 0.956. The molecule has 2 aromatic heterocycles. The van der Waals surface area contributed by atoms with Gasteiger partial charge >= 0.3 is 6.18 Å². The Morgan fingerprint density at radius 1 is 1.16 bits per heavy atom. The Hall–Kier alpha value is -2.98. The van der Waals surface area contributed by atoms with Crippen molar-refractivity contribution in [3.8, 4) is 10.6 Å². The summed E-state index contributed by atoms with van der Waals surface area (Å²) < 4.78 is 74.6. The highest BCUT2D eigenvalue weighted by Crippen LogP contribution is 2.32. The number of anilines is 1. The Balaban J connectivity index is 1.40. The zero-order valence-corrected chi connectivity index (χ0v) is 25.5. The maximum Gasteiger partial charge on any atom is 0.401 e. The number of alkyl halides is 3. The Bertz CT molecular complexity index is 1600. The fourth-order valence-corrected chi connectivity index (χ4v) is 7.74. The molecule has 43 heavy (non-hydrogen) atoms. The number of benzene rings is 1. The number of sulfonamides is 1. The number of rotatable bonds is 9. The number of thiophene rings is 1. The molecule has 16 heteroatoms. The van der Waals surface area contributed by atoms with E-state index in [9.17, 15) is 31.2 Å². The molecule has 0 bridgehead atoms. The maximum absolute atomic E-state index is 13.8. The number of hydrogen-bond donors (Lipinski definition) is 1. The van der Waals surface area contributed by atoms with Crippen LogP contribution in [0.5, 0.6) is 0 Å². The third kappa shape index (κ3) is 7.40. The lowest BCUT2D eigenvalue weighted by atomic mass is 10.1. The summed E-state index contributed by atoms with van der Waals surface area (Å²) in [5.74, 6) is -0.305. The first-order valence-corrected chi connectivity index (χ1v) is 16.2. The van der Waals surface area contributed by atoms with E-state index in [1.807, 2.05) is 0 Å². The zero-order chi connectivity index (χ0) is 30.9. The molecule has 2 amide bonds. The van der Waals surface area contributed by atoms with Gasteiger partial charge in [-0.05, 0) is 43.2 Å². The van der Waals surface area contributed by atoms with E-state index in [1.54, 1.807) is 36.1 Å². The number of carbonyl (C=O) groups is 2. The fraction of sp³-hybridized carbons (Fsp3) is 0.444. The highest BCUT2D eigenvalue weighted by molar-refractivity contribution is 7.89. The number of amides is 2. The van der Waals surface area contributed by atoms with E-state index in [0.29, 0.717) is 51.3 Å². The van der Waals surface area contributed by atoms with Crippen molar-refractivity contribution in [3.05, 3.63) is 52.0 Å². The van der Waals surface area contributed by atoms with Gasteiger partial charge in [0.2, 0.25) is 21.8 Å². The second-order valence-electron chi connectivity index (χ2n) is 10.4. The standard InChI is InChI=1S/C27H29ClF3N5O5S2/c1-17-20(36-9-3-6-25(36)37)4-2-5-23(17)43(39,40)33-19(14-18-15-21(41-32-18)22-7-8-24(28)42-22)26(38)35-12-10-34(11-13-35)16-27(29,30)31/h2,4-5,7-8,15,19,33H,3,6,9-14,16H2,1H3. The molecule has 1 atom stereocenters. The van der Waals surface area contributed by atoms with Crippen LogP contribution in [0.1, 0.15) is 24.1 Å². The highest BCUT2D eigenvalue weighted by Gasteiger charge is 2.36. The number of nitrogens with one attached hydrogen (secondary N) is 1. The number of aromatic nitrogens is 1. The third-order valence-electron chi connectivity index (χ3n) is 7.38. The number of carbonyl (C=O) groups excluding carboxylic acids is 2. The molecule has 0 spiro atoms. The van der Waals surface area contributed by atoms with Crippen LogP contribution < -0.4 is 9.62 Å². The van der Waals surface area contributed by atoms with E-state index in [2.05, 4.69) is 9.88 Å². The summed E-state index contributed by atoms with van der Waals surface area (Å²) in [5.41, 5.74) is 1.13. The van der Waals surface area contributed by atoms with Crippen molar-refractivity contribution in [1.29, 1.82) is 0 Å². The van der Waals surface area contributed by atoms with Gasteiger partial charge in [0.15, 0.2) is 5.76 Å². The summed E-state index contributed by atoms with van der Waals surface area (Å²) in [4.78, 5) is 30.8. The lowest BCUT2D eigenvalue weighted by molar-refractivity contribution is -0.152. The van der Waals surface area contributed by atoms with Crippen LogP contribution in [0, 0.1) is 6.92 Å². The van der Waals surface area contributed by atoms with Crippen molar-refractivity contribution in [3.63, 3.8) is 0 Å².